The minimum atomic E-state index is 0.355. The molecule has 2 saturated heterocycles. The van der Waals surface area contributed by atoms with Crippen LogP contribution in [-0.4, -0.2) is 49.6 Å². The molecule has 6 nitrogen and oxygen atoms in total. The molecular weight excluding hydrogens is 312 g/mol. The van der Waals surface area contributed by atoms with Crippen LogP contribution >= 0.6 is 0 Å². The summed E-state index contributed by atoms with van der Waals surface area (Å²) >= 11 is 0. The van der Waals surface area contributed by atoms with Crippen molar-refractivity contribution in [2.45, 2.75) is 70.6 Å². The number of nitrogens with zero attached hydrogens (tertiary/aromatic N) is 5. The van der Waals surface area contributed by atoms with Gasteiger partial charge in [0.15, 0.2) is 0 Å². The normalized spacial score (nSPS) is 26.4. The summed E-state index contributed by atoms with van der Waals surface area (Å²) in [5, 5.41) is 3.59. The first kappa shape index (κ1) is 16.5. The summed E-state index contributed by atoms with van der Waals surface area (Å²) in [5.41, 5.74) is 1.99. The lowest BCUT2D eigenvalue weighted by Crippen LogP contribution is -2.44. The van der Waals surface area contributed by atoms with Gasteiger partial charge in [0, 0.05) is 30.4 Å². The second-order valence-corrected chi connectivity index (χ2v) is 7.78. The number of anilines is 1. The highest BCUT2D eigenvalue weighted by Crippen LogP contribution is 2.35. The third-order valence-electron chi connectivity index (χ3n) is 5.85. The maximum absolute atomic E-state index is 4.79. The van der Waals surface area contributed by atoms with E-state index in [1.807, 2.05) is 25.4 Å². The van der Waals surface area contributed by atoms with E-state index in [1.54, 1.807) is 0 Å². The molecule has 2 atom stereocenters. The molecule has 0 amide bonds. The molecule has 0 aliphatic carbocycles. The number of nitrogens with one attached hydrogen (secondary N) is 1. The van der Waals surface area contributed by atoms with Gasteiger partial charge in [0.25, 0.3) is 0 Å². The van der Waals surface area contributed by atoms with E-state index in [1.165, 1.54) is 25.7 Å². The van der Waals surface area contributed by atoms with Crippen molar-refractivity contribution in [3.05, 3.63) is 24.3 Å². The Morgan fingerprint density at radius 2 is 1.88 bits per heavy atom. The lowest BCUT2D eigenvalue weighted by atomic mass is 9.98. The fourth-order valence-corrected chi connectivity index (χ4v) is 4.58. The highest BCUT2D eigenvalue weighted by molar-refractivity contribution is 5.56. The minimum Gasteiger partial charge on any atom is -0.351 e. The smallest absolute Gasteiger partial charge is 0.223 e. The predicted molar refractivity (Wildman–Crippen MR) is 99.6 cm³/mol. The van der Waals surface area contributed by atoms with Crippen LogP contribution in [0.5, 0.6) is 0 Å². The molecule has 0 saturated carbocycles. The summed E-state index contributed by atoms with van der Waals surface area (Å²) in [7, 11) is 2.27. The van der Waals surface area contributed by atoms with Crippen molar-refractivity contribution in [2.75, 3.05) is 12.4 Å². The molecule has 4 heterocycles. The Morgan fingerprint density at radius 1 is 1.16 bits per heavy atom. The monoisotopic (exact) mass is 340 g/mol. The van der Waals surface area contributed by atoms with Gasteiger partial charge in [0.1, 0.15) is 5.82 Å². The first-order valence-corrected chi connectivity index (χ1v) is 9.38. The molecule has 0 spiro atoms. The molecule has 4 rings (SSSR count). The Hall–Kier alpha value is -1.95. The standard InChI is InChI=1S/C19H28N6/c1-12(2)25-13(3)21-11-18(25)17-7-8-20-19(23-17)22-14-9-15-5-6-16(10-14)24(15)4/h7-8,11-12,14-16H,5-6,9-10H2,1-4H3,(H,20,22,23). The molecule has 25 heavy (non-hydrogen) atoms. The summed E-state index contributed by atoms with van der Waals surface area (Å²) < 4.78 is 2.22. The quantitative estimate of drug-likeness (QED) is 0.926. The number of fused-ring (bicyclic) bond motifs is 2. The molecule has 2 aliphatic rings. The topological polar surface area (TPSA) is 58.9 Å². The van der Waals surface area contributed by atoms with Gasteiger partial charge < -0.3 is 14.8 Å². The van der Waals surface area contributed by atoms with Crippen molar-refractivity contribution < 1.29 is 0 Å². The average Bonchev–Trinajstić information content (AvgIpc) is 3.04. The number of hydrogen-bond donors (Lipinski definition) is 1. The summed E-state index contributed by atoms with van der Waals surface area (Å²) in [6.45, 7) is 6.39. The molecule has 2 fully saturated rings. The van der Waals surface area contributed by atoms with Crippen LogP contribution in [0.25, 0.3) is 11.4 Å². The second kappa shape index (κ2) is 6.41. The van der Waals surface area contributed by atoms with Crippen LogP contribution in [0, 0.1) is 6.92 Å². The van der Waals surface area contributed by atoms with Crippen LogP contribution in [0.15, 0.2) is 18.5 Å². The van der Waals surface area contributed by atoms with Crippen LogP contribution < -0.4 is 5.32 Å². The van der Waals surface area contributed by atoms with Crippen molar-refractivity contribution in [3.8, 4) is 11.4 Å². The first-order chi connectivity index (χ1) is 12.0. The van der Waals surface area contributed by atoms with E-state index in [2.05, 4.69) is 45.6 Å². The zero-order valence-electron chi connectivity index (χ0n) is 15.6. The number of aryl methyl sites for hydroxylation is 1. The Morgan fingerprint density at radius 3 is 2.56 bits per heavy atom. The molecule has 2 bridgehead atoms. The van der Waals surface area contributed by atoms with Crippen LogP contribution in [0.4, 0.5) is 5.95 Å². The molecule has 2 aliphatic heterocycles. The van der Waals surface area contributed by atoms with Crippen molar-refractivity contribution in [1.82, 2.24) is 24.4 Å². The van der Waals surface area contributed by atoms with E-state index in [-0.39, 0.29) is 0 Å². The van der Waals surface area contributed by atoms with E-state index in [0.29, 0.717) is 24.2 Å². The molecule has 6 heteroatoms. The number of piperidine rings is 1. The highest BCUT2D eigenvalue weighted by Gasteiger charge is 2.38. The van der Waals surface area contributed by atoms with Gasteiger partial charge in [0.2, 0.25) is 5.95 Å². The molecule has 2 aromatic heterocycles. The predicted octanol–water partition coefficient (Wildman–Crippen LogP) is 3.27. The third kappa shape index (κ3) is 3.03. The molecular formula is C19H28N6. The van der Waals surface area contributed by atoms with Gasteiger partial charge in [-0.15, -0.1) is 0 Å². The lowest BCUT2D eigenvalue weighted by Gasteiger charge is -2.36. The highest BCUT2D eigenvalue weighted by atomic mass is 15.2. The fraction of sp³-hybridized carbons (Fsp3) is 0.632. The van der Waals surface area contributed by atoms with E-state index >= 15 is 0 Å². The SMILES string of the molecule is Cc1ncc(-c2ccnc(NC3CC4CCC(C3)N4C)n2)n1C(C)C. The van der Waals surface area contributed by atoms with Gasteiger partial charge in [-0.3, -0.25) is 0 Å². The molecule has 0 aromatic carbocycles. The van der Waals surface area contributed by atoms with Crippen LogP contribution in [0.3, 0.4) is 0 Å². The van der Waals surface area contributed by atoms with Crippen LogP contribution in [-0.2, 0) is 0 Å². The fourth-order valence-electron chi connectivity index (χ4n) is 4.58. The maximum Gasteiger partial charge on any atom is 0.223 e. The molecule has 2 aromatic rings. The summed E-state index contributed by atoms with van der Waals surface area (Å²) in [5.74, 6) is 1.76. The number of aromatic nitrogens is 4. The summed E-state index contributed by atoms with van der Waals surface area (Å²) in [6, 6.07) is 4.22. The Bertz CT molecular complexity index is 738. The minimum absolute atomic E-state index is 0.355. The first-order valence-electron chi connectivity index (χ1n) is 9.38. The molecule has 2 unspecified atom stereocenters. The van der Waals surface area contributed by atoms with Crippen molar-refractivity contribution in [1.29, 1.82) is 0 Å². The van der Waals surface area contributed by atoms with Gasteiger partial charge in [-0.05, 0) is 59.6 Å². The van der Waals surface area contributed by atoms with Gasteiger partial charge >= 0.3 is 0 Å². The zero-order chi connectivity index (χ0) is 17.6. The van der Waals surface area contributed by atoms with Gasteiger partial charge in [-0.2, -0.15) is 0 Å². The van der Waals surface area contributed by atoms with Gasteiger partial charge in [0.05, 0.1) is 17.6 Å². The number of hydrogen-bond acceptors (Lipinski definition) is 5. The van der Waals surface area contributed by atoms with Crippen molar-refractivity contribution >= 4 is 5.95 Å². The summed E-state index contributed by atoms with van der Waals surface area (Å²) in [4.78, 5) is 16.3. The maximum atomic E-state index is 4.79. The lowest BCUT2D eigenvalue weighted by molar-refractivity contribution is 0.168. The van der Waals surface area contributed by atoms with Gasteiger partial charge in [-0.1, -0.05) is 0 Å². The molecule has 134 valence electrons. The van der Waals surface area contributed by atoms with E-state index in [4.69, 9.17) is 4.98 Å². The van der Waals surface area contributed by atoms with E-state index in [0.717, 1.165) is 23.2 Å². The largest absolute Gasteiger partial charge is 0.351 e. The van der Waals surface area contributed by atoms with Crippen molar-refractivity contribution in [2.24, 2.45) is 0 Å². The third-order valence-corrected chi connectivity index (χ3v) is 5.85. The van der Waals surface area contributed by atoms with Crippen LogP contribution in [0.2, 0.25) is 0 Å². The number of imidazole rings is 1. The Kier molecular flexibility index (Phi) is 4.23. The second-order valence-electron chi connectivity index (χ2n) is 7.78. The Labute approximate surface area is 149 Å². The summed E-state index contributed by atoms with van der Waals surface area (Å²) in [6.07, 6.45) is 8.78. The van der Waals surface area contributed by atoms with Crippen LogP contribution in [0.1, 0.15) is 51.4 Å². The number of rotatable bonds is 4. The zero-order valence-corrected chi connectivity index (χ0v) is 15.6. The van der Waals surface area contributed by atoms with Crippen molar-refractivity contribution in [3.63, 3.8) is 0 Å². The van der Waals surface area contributed by atoms with Gasteiger partial charge in [-0.25, -0.2) is 15.0 Å². The molecule has 0 radical (unpaired) electrons. The Balaban J connectivity index is 1.55. The average molecular weight is 340 g/mol. The van der Waals surface area contributed by atoms with E-state index in [9.17, 15) is 0 Å². The molecule has 1 N–H and O–H groups in total. The van der Waals surface area contributed by atoms with E-state index < -0.39 is 0 Å².